The van der Waals surface area contributed by atoms with Crippen LogP contribution in [0, 0.1) is 11.8 Å². The second-order valence-corrected chi connectivity index (χ2v) is 5.68. The van der Waals surface area contributed by atoms with Crippen LogP contribution in [0.15, 0.2) is 24.3 Å². The Bertz CT molecular complexity index is 490. The highest BCUT2D eigenvalue weighted by molar-refractivity contribution is 5.70. The summed E-state index contributed by atoms with van der Waals surface area (Å²) in [4.78, 5) is 11.4. The van der Waals surface area contributed by atoms with Gasteiger partial charge in [-0.3, -0.25) is 4.79 Å². The van der Waals surface area contributed by atoms with Crippen LogP contribution < -0.4 is 4.74 Å². The molecule has 0 aliphatic heterocycles. The lowest BCUT2D eigenvalue weighted by molar-refractivity contribution is -0.145. The van der Waals surface area contributed by atoms with Gasteiger partial charge in [-0.1, -0.05) is 19.3 Å². The maximum absolute atomic E-state index is 12.5. The van der Waals surface area contributed by atoms with Crippen molar-refractivity contribution in [2.45, 2.75) is 38.3 Å². The molecule has 0 spiro atoms. The number of carbonyl (C=O) groups is 1. The molecular formula is C16H19F3O3. The molecule has 0 radical (unpaired) electrons. The van der Waals surface area contributed by atoms with Crippen molar-refractivity contribution in [3.63, 3.8) is 0 Å². The largest absolute Gasteiger partial charge is 0.493 e. The molecule has 0 saturated heterocycles. The van der Waals surface area contributed by atoms with E-state index >= 15 is 0 Å². The lowest BCUT2D eigenvalue weighted by Crippen LogP contribution is -2.30. The third kappa shape index (κ3) is 4.39. The van der Waals surface area contributed by atoms with Crippen molar-refractivity contribution in [3.05, 3.63) is 29.8 Å². The Kier molecular flexibility index (Phi) is 5.32. The number of aliphatic carboxylic acids is 1. The van der Waals surface area contributed by atoms with Crippen LogP contribution in [0.5, 0.6) is 5.75 Å². The Morgan fingerprint density at radius 1 is 1.18 bits per heavy atom. The smallest absolute Gasteiger partial charge is 0.416 e. The van der Waals surface area contributed by atoms with Crippen LogP contribution in [0.1, 0.15) is 37.7 Å². The van der Waals surface area contributed by atoms with Crippen molar-refractivity contribution >= 4 is 5.97 Å². The Hall–Kier alpha value is -1.72. The summed E-state index contributed by atoms with van der Waals surface area (Å²) in [6.45, 7) is -0.00857. The minimum absolute atomic E-state index is 0.00857. The average molecular weight is 316 g/mol. The summed E-state index contributed by atoms with van der Waals surface area (Å²) < 4.78 is 42.8. The molecule has 1 aromatic carbocycles. The van der Waals surface area contributed by atoms with E-state index in [9.17, 15) is 23.1 Å². The number of rotatable bonds is 5. The van der Waals surface area contributed by atoms with Crippen molar-refractivity contribution in [3.8, 4) is 5.75 Å². The van der Waals surface area contributed by atoms with Crippen molar-refractivity contribution in [1.82, 2.24) is 0 Å². The monoisotopic (exact) mass is 316 g/mol. The van der Waals surface area contributed by atoms with Crippen molar-refractivity contribution < 1.29 is 27.8 Å². The molecule has 6 heteroatoms. The van der Waals surface area contributed by atoms with Crippen molar-refractivity contribution in [2.75, 3.05) is 6.61 Å². The van der Waals surface area contributed by atoms with Crippen LogP contribution >= 0.6 is 0 Å². The molecule has 1 aliphatic carbocycles. The van der Waals surface area contributed by atoms with Gasteiger partial charge in [0.1, 0.15) is 12.4 Å². The molecule has 0 bridgehead atoms. The topological polar surface area (TPSA) is 46.5 Å². The number of halogens is 3. The van der Waals surface area contributed by atoms with Gasteiger partial charge in [-0.2, -0.15) is 13.2 Å². The summed E-state index contributed by atoms with van der Waals surface area (Å²) in [5.74, 6) is -1.17. The van der Waals surface area contributed by atoms with Crippen molar-refractivity contribution in [1.29, 1.82) is 0 Å². The van der Waals surface area contributed by atoms with Gasteiger partial charge in [-0.25, -0.2) is 0 Å². The van der Waals surface area contributed by atoms with Gasteiger partial charge in [-0.15, -0.1) is 0 Å². The number of carboxylic acids is 1. The van der Waals surface area contributed by atoms with Crippen LogP contribution in [0.25, 0.3) is 0 Å². The minimum Gasteiger partial charge on any atom is -0.493 e. The molecule has 3 nitrogen and oxygen atoms in total. The fourth-order valence-corrected chi connectivity index (χ4v) is 2.87. The summed E-state index contributed by atoms with van der Waals surface area (Å²) in [7, 11) is 0. The summed E-state index contributed by atoms with van der Waals surface area (Å²) >= 11 is 0. The predicted molar refractivity (Wildman–Crippen MR) is 74.6 cm³/mol. The third-order valence-electron chi connectivity index (χ3n) is 4.15. The van der Waals surface area contributed by atoms with Gasteiger partial charge in [0, 0.05) is 0 Å². The van der Waals surface area contributed by atoms with Crippen molar-refractivity contribution in [2.24, 2.45) is 11.8 Å². The highest BCUT2D eigenvalue weighted by Gasteiger charge is 2.31. The Morgan fingerprint density at radius 3 is 2.27 bits per heavy atom. The predicted octanol–water partition coefficient (Wildman–Crippen LogP) is 4.37. The lowest BCUT2D eigenvalue weighted by atomic mass is 9.80. The molecule has 1 fully saturated rings. The van der Waals surface area contributed by atoms with Crippen LogP contribution in [-0.4, -0.2) is 17.7 Å². The maximum atomic E-state index is 12.5. The summed E-state index contributed by atoms with van der Waals surface area (Å²) in [5, 5.41) is 9.33. The first kappa shape index (κ1) is 16.6. The number of hydrogen-bond donors (Lipinski definition) is 1. The van der Waals surface area contributed by atoms with Gasteiger partial charge in [0.2, 0.25) is 0 Å². The molecule has 0 amide bonds. The molecule has 1 aliphatic rings. The molecule has 0 heterocycles. The first-order valence-electron chi connectivity index (χ1n) is 7.41. The third-order valence-corrected chi connectivity index (χ3v) is 4.15. The maximum Gasteiger partial charge on any atom is 0.416 e. The van der Waals surface area contributed by atoms with E-state index in [1.54, 1.807) is 0 Å². The van der Waals surface area contributed by atoms with Gasteiger partial charge < -0.3 is 9.84 Å². The number of alkyl halides is 3. The first-order valence-corrected chi connectivity index (χ1v) is 7.41. The summed E-state index contributed by atoms with van der Waals surface area (Å²) in [6, 6.07) is 4.32. The van der Waals surface area contributed by atoms with Gasteiger partial charge in [0.15, 0.2) is 0 Å². The zero-order valence-electron chi connectivity index (χ0n) is 12.1. The molecule has 1 atom stereocenters. The number of benzene rings is 1. The standard InChI is InChI=1S/C16H19F3O3/c17-16(18,19)12-6-8-13(9-7-12)22-10-14(15(20)21)11-4-2-1-3-5-11/h6-9,11,14H,1-5,10H2,(H,20,21). The molecule has 1 saturated carbocycles. The molecule has 0 aromatic heterocycles. The lowest BCUT2D eigenvalue weighted by Gasteiger charge is -2.27. The van der Waals surface area contributed by atoms with Gasteiger partial charge >= 0.3 is 12.1 Å². The van der Waals surface area contributed by atoms with Gasteiger partial charge in [0.05, 0.1) is 11.5 Å². The van der Waals surface area contributed by atoms with Crippen LogP contribution in [0.4, 0.5) is 13.2 Å². The molecule has 2 rings (SSSR count). The quantitative estimate of drug-likeness (QED) is 0.877. The molecule has 22 heavy (non-hydrogen) atoms. The fraction of sp³-hybridized carbons (Fsp3) is 0.562. The van der Waals surface area contributed by atoms with Gasteiger partial charge in [0.25, 0.3) is 0 Å². The van der Waals surface area contributed by atoms with E-state index in [1.165, 1.54) is 12.1 Å². The Labute approximate surface area is 127 Å². The summed E-state index contributed by atoms with van der Waals surface area (Å²) in [5.41, 5.74) is -0.748. The first-order chi connectivity index (χ1) is 10.4. The zero-order valence-corrected chi connectivity index (χ0v) is 12.1. The van der Waals surface area contributed by atoms with Crippen LogP contribution in [0.2, 0.25) is 0 Å². The normalized spacial score (nSPS) is 18.0. The van der Waals surface area contributed by atoms with E-state index in [1.807, 2.05) is 0 Å². The SMILES string of the molecule is O=C(O)C(COc1ccc(C(F)(F)F)cc1)C1CCCCC1. The average Bonchev–Trinajstić information content (AvgIpc) is 2.48. The van der Waals surface area contributed by atoms with Gasteiger partial charge in [-0.05, 0) is 43.0 Å². The Morgan fingerprint density at radius 2 is 1.77 bits per heavy atom. The second kappa shape index (κ2) is 7.03. The molecule has 1 aromatic rings. The van der Waals surface area contributed by atoms with E-state index in [0.717, 1.165) is 44.2 Å². The fourth-order valence-electron chi connectivity index (χ4n) is 2.87. The molecular weight excluding hydrogens is 297 g/mol. The van der Waals surface area contributed by atoms with Crippen LogP contribution in [0.3, 0.4) is 0 Å². The molecule has 1 N–H and O–H groups in total. The van der Waals surface area contributed by atoms with E-state index in [-0.39, 0.29) is 18.3 Å². The van der Waals surface area contributed by atoms with Crippen LogP contribution in [-0.2, 0) is 11.0 Å². The molecule has 1 unspecified atom stereocenters. The van der Waals surface area contributed by atoms with E-state index in [2.05, 4.69) is 0 Å². The van der Waals surface area contributed by atoms with E-state index in [4.69, 9.17) is 4.74 Å². The Balaban J connectivity index is 1.95. The molecule has 122 valence electrons. The summed E-state index contributed by atoms with van der Waals surface area (Å²) in [6.07, 6.45) is 0.525. The second-order valence-electron chi connectivity index (χ2n) is 5.68. The highest BCUT2D eigenvalue weighted by atomic mass is 19.4. The number of carboxylic acid groups (broad SMARTS) is 1. The zero-order chi connectivity index (χ0) is 16.2. The minimum atomic E-state index is -4.38. The van der Waals surface area contributed by atoms with E-state index in [0.29, 0.717) is 0 Å². The number of hydrogen-bond acceptors (Lipinski definition) is 2. The highest BCUT2D eigenvalue weighted by Crippen LogP contribution is 2.32. The van der Waals surface area contributed by atoms with E-state index < -0.39 is 23.6 Å². The number of ether oxygens (including phenoxy) is 1.